The Morgan fingerprint density at radius 1 is 1.11 bits per heavy atom. The molecule has 4 rings (SSSR count). The van der Waals surface area contributed by atoms with Gasteiger partial charge in [-0.2, -0.15) is 0 Å². The molecule has 35 heavy (non-hydrogen) atoms. The van der Waals surface area contributed by atoms with E-state index in [1.807, 2.05) is 45.0 Å². The highest BCUT2D eigenvalue weighted by Gasteiger charge is 2.36. The molecule has 3 aromatic rings. The third-order valence-electron chi connectivity index (χ3n) is 5.79. The Morgan fingerprint density at radius 3 is 2.51 bits per heavy atom. The van der Waals surface area contributed by atoms with Crippen LogP contribution in [0, 0.1) is 20.8 Å². The van der Waals surface area contributed by atoms with Crippen LogP contribution in [0.1, 0.15) is 22.5 Å². The number of imide groups is 1. The highest BCUT2D eigenvalue weighted by molar-refractivity contribution is 8.18. The van der Waals surface area contributed by atoms with E-state index in [4.69, 9.17) is 16.3 Å². The fourth-order valence-corrected chi connectivity index (χ4v) is 4.94. The Balaban J connectivity index is 1.53. The summed E-state index contributed by atoms with van der Waals surface area (Å²) in [6.45, 7) is 5.51. The first kappa shape index (κ1) is 24.6. The van der Waals surface area contributed by atoms with Crippen LogP contribution in [0.3, 0.4) is 0 Å². The predicted molar refractivity (Wildman–Crippen MR) is 139 cm³/mol. The van der Waals surface area contributed by atoms with E-state index >= 15 is 0 Å². The summed E-state index contributed by atoms with van der Waals surface area (Å²) in [5.41, 5.74) is 5.15. The van der Waals surface area contributed by atoms with Gasteiger partial charge in [-0.1, -0.05) is 17.7 Å². The molecule has 0 saturated carbocycles. The molecule has 1 fully saturated rings. The number of thioether (sulfide) groups is 1. The number of carbonyl (C=O) groups excluding carboxylic acids is 3. The van der Waals surface area contributed by atoms with Crippen LogP contribution in [-0.4, -0.2) is 40.2 Å². The van der Waals surface area contributed by atoms with Crippen molar-refractivity contribution in [1.29, 1.82) is 0 Å². The van der Waals surface area contributed by atoms with Crippen molar-refractivity contribution in [2.24, 2.45) is 0 Å². The number of halogens is 1. The second-order valence-corrected chi connectivity index (χ2v) is 9.49. The van der Waals surface area contributed by atoms with Crippen LogP contribution in [-0.2, 0) is 9.59 Å². The maximum atomic E-state index is 13.0. The lowest BCUT2D eigenvalue weighted by molar-refractivity contribution is -0.127. The van der Waals surface area contributed by atoms with Crippen LogP contribution < -0.4 is 10.1 Å². The molecule has 2 aromatic carbocycles. The van der Waals surface area contributed by atoms with Gasteiger partial charge in [0.25, 0.3) is 11.1 Å². The minimum Gasteiger partial charge on any atom is -0.497 e. The van der Waals surface area contributed by atoms with E-state index in [0.717, 1.165) is 44.9 Å². The molecular weight excluding hydrogens is 486 g/mol. The Kier molecular flexibility index (Phi) is 7.05. The molecule has 1 aliphatic heterocycles. The van der Waals surface area contributed by atoms with Crippen molar-refractivity contribution in [2.75, 3.05) is 19.0 Å². The first-order chi connectivity index (χ1) is 16.7. The molecule has 9 heteroatoms. The Labute approximate surface area is 212 Å². The monoisotopic (exact) mass is 509 g/mol. The molecule has 0 aliphatic carbocycles. The van der Waals surface area contributed by atoms with Crippen LogP contribution >= 0.6 is 23.4 Å². The number of benzene rings is 2. The number of anilines is 1. The standard InChI is InChI=1S/C26H24ClN3O4S/c1-15-12-18(17(3)30(15)22-7-5-6-21(27)16(22)2)13-23-25(32)29(26(33)35-23)14-24(31)28-19-8-10-20(34-4)11-9-19/h5-13H,14H2,1-4H3,(H,28,31)/b23-13+. The molecule has 1 saturated heterocycles. The predicted octanol–water partition coefficient (Wildman–Crippen LogP) is 5.74. The van der Waals surface area contributed by atoms with E-state index in [1.54, 1.807) is 37.5 Å². The third kappa shape index (κ3) is 4.99. The summed E-state index contributed by atoms with van der Waals surface area (Å²) < 4.78 is 7.17. The Bertz CT molecular complexity index is 1360. The number of nitrogens with one attached hydrogen (secondary N) is 1. The van der Waals surface area contributed by atoms with Crippen LogP contribution in [0.5, 0.6) is 5.75 Å². The number of carbonyl (C=O) groups is 3. The third-order valence-corrected chi connectivity index (χ3v) is 7.10. The zero-order chi connectivity index (χ0) is 25.3. The van der Waals surface area contributed by atoms with Gasteiger partial charge in [-0.15, -0.1) is 0 Å². The van der Waals surface area contributed by atoms with E-state index in [-0.39, 0.29) is 11.4 Å². The molecule has 0 radical (unpaired) electrons. The van der Waals surface area contributed by atoms with Gasteiger partial charge in [0.15, 0.2) is 0 Å². The normalized spacial score (nSPS) is 14.7. The van der Waals surface area contributed by atoms with Gasteiger partial charge in [0.05, 0.1) is 12.0 Å². The number of aromatic nitrogens is 1. The summed E-state index contributed by atoms with van der Waals surface area (Å²) in [7, 11) is 1.55. The highest BCUT2D eigenvalue weighted by Crippen LogP contribution is 2.34. The molecule has 0 spiro atoms. The second kappa shape index (κ2) is 10.0. The van der Waals surface area contributed by atoms with Crippen molar-refractivity contribution in [3.8, 4) is 11.4 Å². The molecule has 0 unspecified atom stereocenters. The van der Waals surface area contributed by atoms with Crippen LogP contribution in [0.2, 0.25) is 5.02 Å². The molecule has 7 nitrogen and oxygen atoms in total. The average Bonchev–Trinajstić information content (AvgIpc) is 3.25. The number of rotatable bonds is 6. The average molecular weight is 510 g/mol. The van der Waals surface area contributed by atoms with Gasteiger partial charge in [-0.3, -0.25) is 19.3 Å². The van der Waals surface area contributed by atoms with Crippen molar-refractivity contribution < 1.29 is 19.1 Å². The van der Waals surface area contributed by atoms with E-state index < -0.39 is 17.1 Å². The van der Waals surface area contributed by atoms with E-state index in [9.17, 15) is 14.4 Å². The first-order valence-electron chi connectivity index (χ1n) is 10.8. The first-order valence-corrected chi connectivity index (χ1v) is 12.0. The van der Waals surface area contributed by atoms with Gasteiger partial charge in [-0.25, -0.2) is 0 Å². The molecule has 180 valence electrons. The number of hydrogen-bond acceptors (Lipinski definition) is 5. The minimum atomic E-state index is -0.492. The summed E-state index contributed by atoms with van der Waals surface area (Å²) >= 11 is 7.14. The number of methoxy groups -OCH3 is 1. The van der Waals surface area contributed by atoms with Gasteiger partial charge in [-0.05, 0) is 92.2 Å². The Morgan fingerprint density at radius 2 is 1.83 bits per heavy atom. The van der Waals surface area contributed by atoms with Crippen molar-refractivity contribution in [1.82, 2.24) is 9.47 Å². The van der Waals surface area contributed by atoms with Crippen LogP contribution in [0.4, 0.5) is 10.5 Å². The Hall–Kier alpha value is -3.49. The highest BCUT2D eigenvalue weighted by atomic mass is 35.5. The summed E-state index contributed by atoms with van der Waals surface area (Å²) in [4.78, 5) is 39.2. The number of hydrogen-bond donors (Lipinski definition) is 1. The smallest absolute Gasteiger partial charge is 0.294 e. The quantitative estimate of drug-likeness (QED) is 0.428. The summed E-state index contributed by atoms with van der Waals surface area (Å²) in [6.07, 6.45) is 1.70. The fourth-order valence-electron chi connectivity index (χ4n) is 3.94. The van der Waals surface area contributed by atoms with Crippen molar-refractivity contribution in [2.45, 2.75) is 20.8 Å². The SMILES string of the molecule is COc1ccc(NC(=O)CN2C(=O)S/C(=C/c3cc(C)n(-c4cccc(Cl)c4C)c3C)C2=O)cc1. The summed E-state index contributed by atoms with van der Waals surface area (Å²) in [6, 6.07) is 14.5. The lowest BCUT2D eigenvalue weighted by Gasteiger charge is -2.13. The van der Waals surface area contributed by atoms with E-state index in [2.05, 4.69) is 9.88 Å². The fraction of sp³-hybridized carbons (Fsp3) is 0.192. The van der Waals surface area contributed by atoms with Gasteiger partial charge in [0.2, 0.25) is 5.91 Å². The van der Waals surface area contributed by atoms with Gasteiger partial charge in [0, 0.05) is 27.8 Å². The number of ether oxygens (including phenoxy) is 1. The zero-order valence-electron chi connectivity index (χ0n) is 19.7. The van der Waals surface area contributed by atoms with Crippen LogP contribution in [0.25, 0.3) is 11.8 Å². The largest absolute Gasteiger partial charge is 0.497 e. The molecular formula is C26H24ClN3O4S. The van der Waals surface area contributed by atoms with Crippen LogP contribution in [0.15, 0.2) is 53.4 Å². The number of nitrogens with zero attached hydrogens (tertiary/aromatic N) is 2. The topological polar surface area (TPSA) is 80.6 Å². The molecule has 3 amide bonds. The lowest BCUT2D eigenvalue weighted by Crippen LogP contribution is -2.36. The van der Waals surface area contributed by atoms with Gasteiger partial charge in [0.1, 0.15) is 12.3 Å². The maximum Gasteiger partial charge on any atom is 0.294 e. The molecule has 0 bridgehead atoms. The molecule has 1 N–H and O–H groups in total. The second-order valence-electron chi connectivity index (χ2n) is 8.09. The molecule has 1 aromatic heterocycles. The van der Waals surface area contributed by atoms with Gasteiger partial charge < -0.3 is 14.6 Å². The van der Waals surface area contributed by atoms with Crippen molar-refractivity contribution in [3.63, 3.8) is 0 Å². The van der Waals surface area contributed by atoms with Crippen molar-refractivity contribution in [3.05, 3.63) is 81.0 Å². The zero-order valence-corrected chi connectivity index (χ0v) is 21.3. The number of aryl methyl sites for hydroxylation is 1. The van der Waals surface area contributed by atoms with E-state index in [1.165, 1.54) is 0 Å². The maximum absolute atomic E-state index is 13.0. The van der Waals surface area contributed by atoms with E-state index in [0.29, 0.717) is 16.5 Å². The summed E-state index contributed by atoms with van der Waals surface area (Å²) in [5.74, 6) is -0.300. The molecule has 2 heterocycles. The molecule has 1 aliphatic rings. The molecule has 0 atom stereocenters. The number of amides is 3. The minimum absolute atomic E-state index is 0.273. The lowest BCUT2D eigenvalue weighted by atomic mass is 10.2. The summed E-state index contributed by atoms with van der Waals surface area (Å²) in [5, 5.41) is 2.88. The van der Waals surface area contributed by atoms with Gasteiger partial charge >= 0.3 is 0 Å². The van der Waals surface area contributed by atoms with Crippen molar-refractivity contribution >= 4 is 52.2 Å².